The number of nitrogens with one attached hydrogen (secondary N) is 1. The van der Waals surface area contributed by atoms with Crippen molar-refractivity contribution in [2.45, 2.75) is 6.42 Å². The summed E-state index contributed by atoms with van der Waals surface area (Å²) in [5.74, 6) is 1.12. The van der Waals surface area contributed by atoms with Crippen molar-refractivity contribution < 1.29 is 0 Å². The highest BCUT2D eigenvalue weighted by atomic mass is 15.4. The minimum atomic E-state index is 0.419. The highest BCUT2D eigenvalue weighted by Gasteiger charge is 2.03. The van der Waals surface area contributed by atoms with Gasteiger partial charge in [0.1, 0.15) is 0 Å². The quantitative estimate of drug-likeness (QED) is 0.803. The summed E-state index contributed by atoms with van der Waals surface area (Å²) in [5.41, 5.74) is 6.87. The zero-order valence-electron chi connectivity index (χ0n) is 9.22. The Morgan fingerprint density at radius 1 is 1.25 bits per heavy atom. The third-order valence-corrected chi connectivity index (χ3v) is 2.45. The maximum absolute atomic E-state index is 5.57. The van der Waals surface area contributed by atoms with Crippen molar-refractivity contribution in [2.24, 2.45) is 7.05 Å². The highest BCUT2D eigenvalue weighted by molar-refractivity contribution is 5.33. The Morgan fingerprint density at radius 3 is 2.62 bits per heavy atom. The molecule has 0 fully saturated rings. The molecule has 0 aliphatic rings. The van der Waals surface area contributed by atoms with Crippen molar-refractivity contribution >= 4 is 11.9 Å². The van der Waals surface area contributed by atoms with Gasteiger partial charge in [-0.15, -0.1) is 10.2 Å². The fourth-order valence-electron chi connectivity index (χ4n) is 1.46. The van der Waals surface area contributed by atoms with Gasteiger partial charge in [0.05, 0.1) is 0 Å². The Labute approximate surface area is 94.3 Å². The lowest BCUT2D eigenvalue weighted by Crippen LogP contribution is -2.09. The first-order valence-electron chi connectivity index (χ1n) is 5.20. The zero-order chi connectivity index (χ0) is 11.4. The van der Waals surface area contributed by atoms with Gasteiger partial charge in [-0.05, 0) is 12.0 Å². The fourth-order valence-corrected chi connectivity index (χ4v) is 1.46. The second-order valence-electron chi connectivity index (χ2n) is 3.60. The smallest absolute Gasteiger partial charge is 0.225 e. The van der Waals surface area contributed by atoms with Crippen LogP contribution < -0.4 is 11.1 Å². The van der Waals surface area contributed by atoms with Crippen LogP contribution in [0.2, 0.25) is 0 Å². The number of hydrogen-bond acceptors (Lipinski definition) is 4. The molecule has 0 amide bonds. The molecule has 0 saturated heterocycles. The molecule has 0 atom stereocenters. The summed E-state index contributed by atoms with van der Waals surface area (Å²) in [6.45, 7) is 0.815. The van der Waals surface area contributed by atoms with Crippen molar-refractivity contribution in [3.63, 3.8) is 0 Å². The molecule has 0 aliphatic carbocycles. The Morgan fingerprint density at radius 2 is 2.00 bits per heavy atom. The van der Waals surface area contributed by atoms with Crippen LogP contribution in [0.5, 0.6) is 0 Å². The molecular weight excluding hydrogens is 202 g/mol. The van der Waals surface area contributed by atoms with Crippen LogP contribution in [-0.2, 0) is 13.5 Å². The first kappa shape index (κ1) is 10.5. The van der Waals surface area contributed by atoms with E-state index in [0.29, 0.717) is 11.9 Å². The summed E-state index contributed by atoms with van der Waals surface area (Å²) in [4.78, 5) is 0. The first-order valence-corrected chi connectivity index (χ1v) is 5.20. The highest BCUT2D eigenvalue weighted by Crippen LogP contribution is 2.06. The van der Waals surface area contributed by atoms with Gasteiger partial charge in [0.2, 0.25) is 11.9 Å². The number of nitrogen functional groups attached to an aromatic ring is 1. The van der Waals surface area contributed by atoms with E-state index in [1.165, 1.54) is 5.56 Å². The number of nitrogens with zero attached hydrogens (tertiary/aromatic N) is 3. The molecule has 0 spiro atoms. The van der Waals surface area contributed by atoms with Crippen LogP contribution in [0.4, 0.5) is 11.9 Å². The van der Waals surface area contributed by atoms with E-state index in [4.69, 9.17) is 5.73 Å². The maximum Gasteiger partial charge on any atom is 0.225 e. The number of anilines is 2. The molecule has 1 heterocycles. The van der Waals surface area contributed by atoms with Gasteiger partial charge < -0.3 is 11.1 Å². The Balaban J connectivity index is 1.87. The van der Waals surface area contributed by atoms with Gasteiger partial charge in [0, 0.05) is 13.6 Å². The van der Waals surface area contributed by atoms with Crippen LogP contribution in [0.1, 0.15) is 5.56 Å². The molecule has 0 saturated carbocycles. The van der Waals surface area contributed by atoms with E-state index in [1.54, 1.807) is 4.57 Å². The number of hydrogen-bond donors (Lipinski definition) is 2. The monoisotopic (exact) mass is 217 g/mol. The maximum atomic E-state index is 5.57. The Kier molecular flexibility index (Phi) is 3.05. The van der Waals surface area contributed by atoms with E-state index in [2.05, 4.69) is 27.6 Å². The standard InChI is InChI=1S/C11H15N5/c1-16-10(12)14-15-11(16)13-8-7-9-5-3-2-4-6-9/h2-6H,7-8H2,1H3,(H2,12,14)(H,13,15). The molecule has 84 valence electrons. The minimum absolute atomic E-state index is 0.419. The Bertz CT molecular complexity index is 449. The van der Waals surface area contributed by atoms with E-state index in [0.717, 1.165) is 13.0 Å². The molecule has 5 nitrogen and oxygen atoms in total. The summed E-state index contributed by atoms with van der Waals surface area (Å²) in [7, 11) is 1.83. The second-order valence-corrected chi connectivity index (χ2v) is 3.60. The van der Waals surface area contributed by atoms with Gasteiger partial charge in [-0.2, -0.15) is 0 Å². The largest absolute Gasteiger partial charge is 0.368 e. The Hall–Kier alpha value is -2.04. The van der Waals surface area contributed by atoms with Crippen molar-refractivity contribution in [3.8, 4) is 0 Å². The van der Waals surface area contributed by atoms with Crippen LogP contribution in [0.15, 0.2) is 30.3 Å². The fraction of sp³-hybridized carbons (Fsp3) is 0.273. The van der Waals surface area contributed by atoms with E-state index >= 15 is 0 Å². The molecule has 2 rings (SSSR count). The summed E-state index contributed by atoms with van der Waals surface area (Å²) in [6, 6.07) is 10.3. The molecule has 2 aromatic rings. The van der Waals surface area contributed by atoms with Gasteiger partial charge in [-0.1, -0.05) is 30.3 Å². The van der Waals surface area contributed by atoms with Gasteiger partial charge in [-0.3, -0.25) is 4.57 Å². The third kappa shape index (κ3) is 2.31. The van der Waals surface area contributed by atoms with Crippen LogP contribution in [-0.4, -0.2) is 21.3 Å². The zero-order valence-corrected chi connectivity index (χ0v) is 9.22. The van der Waals surface area contributed by atoms with Crippen LogP contribution >= 0.6 is 0 Å². The van der Waals surface area contributed by atoms with Crippen molar-refractivity contribution in [1.82, 2.24) is 14.8 Å². The number of aromatic nitrogens is 3. The molecular formula is C11H15N5. The minimum Gasteiger partial charge on any atom is -0.368 e. The van der Waals surface area contributed by atoms with E-state index in [-0.39, 0.29) is 0 Å². The van der Waals surface area contributed by atoms with Gasteiger partial charge in [-0.25, -0.2) is 0 Å². The molecule has 16 heavy (non-hydrogen) atoms. The third-order valence-electron chi connectivity index (χ3n) is 2.45. The lowest BCUT2D eigenvalue weighted by molar-refractivity contribution is 0.898. The van der Waals surface area contributed by atoms with E-state index in [1.807, 2.05) is 25.2 Å². The lowest BCUT2D eigenvalue weighted by Gasteiger charge is -2.05. The van der Waals surface area contributed by atoms with E-state index < -0.39 is 0 Å². The molecule has 0 aliphatic heterocycles. The van der Waals surface area contributed by atoms with Crippen LogP contribution in [0.25, 0.3) is 0 Å². The van der Waals surface area contributed by atoms with Gasteiger partial charge in [0.25, 0.3) is 0 Å². The molecule has 5 heteroatoms. The van der Waals surface area contributed by atoms with Crippen LogP contribution in [0.3, 0.4) is 0 Å². The van der Waals surface area contributed by atoms with Crippen molar-refractivity contribution in [3.05, 3.63) is 35.9 Å². The summed E-state index contributed by atoms with van der Waals surface area (Å²) in [6.07, 6.45) is 0.952. The number of benzene rings is 1. The number of rotatable bonds is 4. The second kappa shape index (κ2) is 4.65. The SMILES string of the molecule is Cn1c(N)nnc1NCCc1ccccc1. The summed E-state index contributed by atoms with van der Waals surface area (Å²) in [5, 5.41) is 10.9. The number of nitrogens with two attached hydrogens (primary N) is 1. The molecule has 1 aromatic carbocycles. The predicted molar refractivity (Wildman–Crippen MR) is 64.1 cm³/mol. The average Bonchev–Trinajstić information content (AvgIpc) is 2.62. The van der Waals surface area contributed by atoms with Crippen molar-refractivity contribution in [1.29, 1.82) is 0 Å². The normalized spacial score (nSPS) is 10.3. The molecule has 0 bridgehead atoms. The van der Waals surface area contributed by atoms with Crippen LogP contribution in [0, 0.1) is 0 Å². The predicted octanol–water partition coefficient (Wildman–Crippen LogP) is 1.05. The molecule has 3 N–H and O–H groups in total. The summed E-state index contributed by atoms with van der Waals surface area (Å²) < 4.78 is 1.73. The summed E-state index contributed by atoms with van der Waals surface area (Å²) >= 11 is 0. The van der Waals surface area contributed by atoms with Crippen molar-refractivity contribution in [2.75, 3.05) is 17.6 Å². The molecule has 0 unspecified atom stereocenters. The first-order chi connectivity index (χ1) is 7.77. The topological polar surface area (TPSA) is 68.8 Å². The molecule has 1 aromatic heterocycles. The average molecular weight is 217 g/mol. The molecule has 0 radical (unpaired) electrons. The van der Waals surface area contributed by atoms with Gasteiger partial charge >= 0.3 is 0 Å². The van der Waals surface area contributed by atoms with Gasteiger partial charge in [0.15, 0.2) is 0 Å². The lowest BCUT2D eigenvalue weighted by atomic mass is 10.1. The van der Waals surface area contributed by atoms with E-state index in [9.17, 15) is 0 Å².